The van der Waals surface area contributed by atoms with Gasteiger partial charge in [-0.05, 0) is 85.5 Å². The van der Waals surface area contributed by atoms with Crippen molar-refractivity contribution in [2.75, 3.05) is 6.61 Å². The van der Waals surface area contributed by atoms with Gasteiger partial charge in [-0.15, -0.1) is 0 Å². The zero-order valence-corrected chi connectivity index (χ0v) is 16.1. The lowest BCUT2D eigenvalue weighted by Gasteiger charge is -2.58. The molecule has 5 aliphatic rings. The predicted molar refractivity (Wildman–Crippen MR) is 98.8 cm³/mol. The Morgan fingerprint density at radius 3 is 2.77 bits per heavy atom. The molecule has 0 aromatic heterocycles. The van der Waals surface area contributed by atoms with E-state index in [0.717, 1.165) is 25.2 Å². The summed E-state index contributed by atoms with van der Waals surface area (Å²) in [4.78, 5) is 12.0. The molecule has 0 aliphatic heterocycles. The summed E-state index contributed by atoms with van der Waals surface area (Å²) in [5.74, 6) is 4.24. The van der Waals surface area contributed by atoms with Crippen molar-refractivity contribution in [3.63, 3.8) is 0 Å². The van der Waals surface area contributed by atoms with E-state index in [9.17, 15) is 15.2 Å². The molecule has 0 aromatic carbocycles. The fourth-order valence-electron chi connectivity index (χ4n) is 8.63. The highest BCUT2D eigenvalue weighted by Gasteiger charge is 2.75. The molecule has 0 heterocycles. The van der Waals surface area contributed by atoms with E-state index in [2.05, 4.69) is 19.9 Å². The molecule has 4 fully saturated rings. The van der Waals surface area contributed by atoms with E-state index in [0.29, 0.717) is 36.0 Å². The third-order valence-electron chi connectivity index (χ3n) is 9.68. The van der Waals surface area contributed by atoms with Crippen LogP contribution < -0.4 is 0 Å². The first kappa shape index (κ1) is 17.0. The highest BCUT2D eigenvalue weighted by atomic mass is 16.3. The fourth-order valence-corrected chi connectivity index (χ4v) is 8.63. The number of carbonyl (C=O) groups excluding carboxylic acids is 1. The van der Waals surface area contributed by atoms with E-state index in [4.69, 9.17) is 0 Å². The van der Waals surface area contributed by atoms with Gasteiger partial charge in [0.1, 0.15) is 0 Å². The van der Waals surface area contributed by atoms with Crippen molar-refractivity contribution in [1.29, 1.82) is 5.26 Å². The monoisotopic (exact) mass is 353 g/mol. The Balaban J connectivity index is 1.55. The highest BCUT2D eigenvalue weighted by molar-refractivity contribution is 5.91. The minimum absolute atomic E-state index is 0.124. The van der Waals surface area contributed by atoms with Crippen molar-refractivity contribution in [3.8, 4) is 6.07 Å². The molecule has 9 atom stereocenters. The molecule has 5 aliphatic carbocycles. The zero-order chi connectivity index (χ0) is 18.3. The molecule has 0 spiro atoms. The van der Waals surface area contributed by atoms with E-state index in [1.165, 1.54) is 24.8 Å². The first-order valence-electron chi connectivity index (χ1n) is 10.8. The lowest BCUT2D eigenvalue weighted by molar-refractivity contribution is -0.117. The molecule has 0 bridgehead atoms. The Bertz CT molecular complexity index is 720. The van der Waals surface area contributed by atoms with Gasteiger partial charge in [0.2, 0.25) is 0 Å². The standard InChI is InChI=1S/C23H31NO2/c1-3-23(12-24)20-10-19(20)21-18-8-13(11-25)17-9-14(26)4-5-15(17)16(18)6-7-22(21,23)2/h9,13,15-16,18-21,25H,3-8,10-11H2,1-2H3/t13-,15+,16+,18+,19+,20-,21+,22-,23-/m0/s1. The van der Waals surface area contributed by atoms with Gasteiger partial charge in [0.25, 0.3) is 0 Å². The molecule has 0 aromatic rings. The van der Waals surface area contributed by atoms with Crippen LogP contribution in [0.4, 0.5) is 0 Å². The molecule has 3 nitrogen and oxygen atoms in total. The van der Waals surface area contributed by atoms with Gasteiger partial charge in [-0.1, -0.05) is 19.4 Å². The smallest absolute Gasteiger partial charge is 0.155 e. The second-order valence-electron chi connectivity index (χ2n) is 10.1. The third-order valence-corrected chi connectivity index (χ3v) is 9.68. The summed E-state index contributed by atoms with van der Waals surface area (Å²) in [5.41, 5.74) is 1.29. The van der Waals surface area contributed by atoms with Crippen molar-refractivity contribution in [2.24, 2.45) is 52.3 Å². The first-order valence-corrected chi connectivity index (χ1v) is 10.8. The van der Waals surface area contributed by atoms with Crippen LogP contribution in [-0.2, 0) is 4.79 Å². The highest BCUT2D eigenvalue weighted by Crippen LogP contribution is 2.79. The molecule has 26 heavy (non-hydrogen) atoms. The van der Waals surface area contributed by atoms with Gasteiger partial charge in [-0.3, -0.25) is 4.79 Å². The van der Waals surface area contributed by atoms with Crippen LogP contribution in [0.5, 0.6) is 0 Å². The summed E-state index contributed by atoms with van der Waals surface area (Å²) in [6.07, 6.45) is 9.20. The molecule has 0 radical (unpaired) electrons. The Hall–Kier alpha value is -1.14. The van der Waals surface area contributed by atoms with Gasteiger partial charge in [0.15, 0.2) is 5.78 Å². The molecular formula is C23H31NO2. The minimum Gasteiger partial charge on any atom is -0.396 e. The lowest BCUT2D eigenvalue weighted by Crippen LogP contribution is -2.53. The summed E-state index contributed by atoms with van der Waals surface area (Å²) in [6.45, 7) is 4.83. The van der Waals surface area contributed by atoms with Gasteiger partial charge in [0.05, 0.1) is 11.5 Å². The van der Waals surface area contributed by atoms with Crippen LogP contribution in [0.25, 0.3) is 0 Å². The summed E-state index contributed by atoms with van der Waals surface area (Å²) in [5, 5.41) is 20.3. The minimum atomic E-state index is -0.124. The average Bonchev–Trinajstić information content (AvgIpc) is 3.38. The number of hydrogen-bond donors (Lipinski definition) is 1. The molecule has 1 N–H and O–H groups in total. The van der Waals surface area contributed by atoms with E-state index < -0.39 is 0 Å². The van der Waals surface area contributed by atoms with Crippen molar-refractivity contribution in [2.45, 2.75) is 58.8 Å². The van der Waals surface area contributed by atoms with E-state index >= 15 is 0 Å². The van der Waals surface area contributed by atoms with Gasteiger partial charge < -0.3 is 5.11 Å². The number of aliphatic hydroxyl groups excluding tert-OH is 1. The number of aliphatic hydroxyl groups is 1. The van der Waals surface area contributed by atoms with Gasteiger partial charge in [-0.25, -0.2) is 0 Å². The van der Waals surface area contributed by atoms with Crippen LogP contribution >= 0.6 is 0 Å². The summed E-state index contributed by atoms with van der Waals surface area (Å²) >= 11 is 0. The van der Waals surface area contributed by atoms with Crippen LogP contribution in [0, 0.1) is 63.6 Å². The largest absolute Gasteiger partial charge is 0.396 e. The summed E-state index contributed by atoms with van der Waals surface area (Å²) in [7, 11) is 0. The molecule has 140 valence electrons. The van der Waals surface area contributed by atoms with Gasteiger partial charge >= 0.3 is 0 Å². The maximum atomic E-state index is 12.0. The van der Waals surface area contributed by atoms with Gasteiger partial charge in [0, 0.05) is 18.9 Å². The van der Waals surface area contributed by atoms with Crippen molar-refractivity contribution < 1.29 is 9.90 Å². The van der Waals surface area contributed by atoms with Crippen LogP contribution in [0.2, 0.25) is 0 Å². The van der Waals surface area contributed by atoms with Gasteiger partial charge in [-0.2, -0.15) is 5.26 Å². The second kappa shape index (κ2) is 5.44. The number of nitriles is 1. The van der Waals surface area contributed by atoms with Crippen LogP contribution in [0.1, 0.15) is 58.8 Å². The number of fused-ring (bicyclic) bond motifs is 7. The molecule has 5 rings (SSSR count). The van der Waals surface area contributed by atoms with E-state index in [-0.39, 0.29) is 29.1 Å². The van der Waals surface area contributed by atoms with Crippen LogP contribution in [-0.4, -0.2) is 17.5 Å². The van der Waals surface area contributed by atoms with Crippen molar-refractivity contribution in [3.05, 3.63) is 11.6 Å². The topological polar surface area (TPSA) is 61.1 Å². The average molecular weight is 354 g/mol. The Labute approximate surface area is 156 Å². The number of rotatable bonds is 2. The second-order valence-corrected chi connectivity index (χ2v) is 10.1. The van der Waals surface area contributed by atoms with Crippen molar-refractivity contribution >= 4 is 5.78 Å². The fraction of sp³-hybridized carbons (Fsp3) is 0.826. The lowest BCUT2D eigenvalue weighted by atomic mass is 9.46. The molecule has 0 unspecified atom stereocenters. The molecular weight excluding hydrogens is 322 g/mol. The Morgan fingerprint density at radius 1 is 1.27 bits per heavy atom. The predicted octanol–water partition coefficient (Wildman–Crippen LogP) is 4.12. The first-order chi connectivity index (χ1) is 12.5. The van der Waals surface area contributed by atoms with Crippen LogP contribution in [0.15, 0.2) is 11.6 Å². The van der Waals surface area contributed by atoms with E-state index in [1.54, 1.807) is 0 Å². The zero-order valence-electron chi connectivity index (χ0n) is 16.1. The number of ketones is 1. The number of hydrogen-bond acceptors (Lipinski definition) is 3. The SMILES string of the molecule is CC[C@]1(C#N)[C@H]2C[C@H]2[C@H]2[C@@H]3C[C@@H](CO)C4=CC(=O)CC[C@@H]4[C@H]3CC[C@@]21C. The maximum absolute atomic E-state index is 12.0. The normalized spacial score (nSPS) is 54.3. The summed E-state index contributed by atoms with van der Waals surface area (Å²) in [6, 6.07) is 2.84. The molecule has 3 heteroatoms. The van der Waals surface area contributed by atoms with Crippen molar-refractivity contribution in [1.82, 2.24) is 0 Å². The summed E-state index contributed by atoms with van der Waals surface area (Å²) < 4.78 is 0. The number of nitrogens with zero attached hydrogens (tertiary/aromatic N) is 1. The molecule has 4 saturated carbocycles. The van der Waals surface area contributed by atoms with E-state index in [1.807, 2.05) is 6.08 Å². The Morgan fingerprint density at radius 2 is 2.08 bits per heavy atom. The molecule has 0 saturated heterocycles. The van der Waals surface area contributed by atoms with Crippen LogP contribution in [0.3, 0.4) is 0 Å². The number of carbonyl (C=O) groups is 1. The quantitative estimate of drug-likeness (QED) is 0.812. The third kappa shape index (κ3) is 1.85. The Kier molecular flexibility index (Phi) is 3.56. The maximum Gasteiger partial charge on any atom is 0.155 e. The molecule has 0 amide bonds.